The van der Waals surface area contributed by atoms with E-state index in [-0.39, 0.29) is 23.9 Å². The number of hydrogen-bond donors (Lipinski definition) is 3. The zero-order valence-electron chi connectivity index (χ0n) is 11.5. The summed E-state index contributed by atoms with van der Waals surface area (Å²) in [7, 11) is 1.58. The van der Waals surface area contributed by atoms with Gasteiger partial charge in [-0.25, -0.2) is 4.98 Å². The third-order valence-electron chi connectivity index (χ3n) is 2.81. The van der Waals surface area contributed by atoms with Crippen LogP contribution in [0.2, 0.25) is 0 Å². The molecule has 2 aromatic rings. The maximum Gasteiger partial charge on any atom is 0.225 e. The highest BCUT2D eigenvalue weighted by molar-refractivity contribution is 5.73. The number of methoxy groups -OCH3 is 1. The average molecular weight is 285 g/mol. The van der Waals surface area contributed by atoms with E-state index in [4.69, 9.17) is 15.6 Å². The number of nitrogens with one attached hydrogen (secondary N) is 1. The molecular formula is C14H15N5O2. The van der Waals surface area contributed by atoms with E-state index in [0.717, 1.165) is 5.56 Å². The normalized spacial score (nSPS) is 9.95. The van der Waals surface area contributed by atoms with E-state index in [1.165, 1.54) is 0 Å². The largest absolute Gasteiger partial charge is 0.497 e. The van der Waals surface area contributed by atoms with Gasteiger partial charge in [0.2, 0.25) is 5.95 Å². The fourth-order valence-electron chi connectivity index (χ4n) is 1.79. The van der Waals surface area contributed by atoms with Gasteiger partial charge in [0, 0.05) is 12.1 Å². The monoisotopic (exact) mass is 285 g/mol. The number of anilines is 2. The molecule has 0 aliphatic carbocycles. The molecule has 0 saturated carbocycles. The first-order chi connectivity index (χ1) is 10.2. The molecule has 0 amide bonds. The van der Waals surface area contributed by atoms with Crippen molar-refractivity contribution in [1.82, 2.24) is 9.97 Å². The molecule has 21 heavy (non-hydrogen) atoms. The van der Waals surface area contributed by atoms with Crippen LogP contribution >= 0.6 is 0 Å². The number of aliphatic hydroxyl groups is 1. The summed E-state index contributed by atoms with van der Waals surface area (Å²) in [4.78, 5) is 8.29. The van der Waals surface area contributed by atoms with E-state index >= 15 is 0 Å². The van der Waals surface area contributed by atoms with Gasteiger partial charge in [-0.05, 0) is 24.3 Å². The Bertz CT molecular complexity index is 664. The number of rotatable bonds is 5. The van der Waals surface area contributed by atoms with E-state index in [0.29, 0.717) is 18.0 Å². The highest BCUT2D eigenvalue weighted by Gasteiger charge is 2.14. The molecule has 1 heterocycles. The van der Waals surface area contributed by atoms with Gasteiger partial charge in [-0.1, -0.05) is 0 Å². The van der Waals surface area contributed by atoms with E-state index in [2.05, 4.69) is 15.3 Å². The quantitative estimate of drug-likeness (QED) is 0.750. The number of aromatic nitrogens is 2. The Labute approximate surface area is 122 Å². The highest BCUT2D eigenvalue weighted by Crippen LogP contribution is 2.27. The fourth-order valence-corrected chi connectivity index (χ4v) is 1.79. The molecule has 0 atom stereocenters. The lowest BCUT2D eigenvalue weighted by atomic mass is 10.1. The summed E-state index contributed by atoms with van der Waals surface area (Å²) in [6.45, 7) is 0.245. The molecule has 0 saturated heterocycles. The molecule has 0 spiro atoms. The van der Waals surface area contributed by atoms with Gasteiger partial charge in [0.05, 0.1) is 19.4 Å². The van der Waals surface area contributed by atoms with E-state index in [1.54, 1.807) is 31.4 Å². The first-order valence-electron chi connectivity index (χ1n) is 6.26. The van der Waals surface area contributed by atoms with Gasteiger partial charge >= 0.3 is 0 Å². The zero-order valence-corrected chi connectivity index (χ0v) is 11.5. The molecule has 0 radical (unpaired) electrons. The molecule has 2 rings (SSSR count). The molecule has 108 valence electrons. The van der Waals surface area contributed by atoms with E-state index < -0.39 is 0 Å². The average Bonchev–Trinajstić information content (AvgIpc) is 2.52. The maximum absolute atomic E-state index is 9.23. The van der Waals surface area contributed by atoms with Crippen molar-refractivity contribution in [1.29, 1.82) is 5.26 Å². The number of nitriles is 1. The second kappa shape index (κ2) is 6.54. The smallest absolute Gasteiger partial charge is 0.225 e. The Morgan fingerprint density at radius 3 is 2.62 bits per heavy atom. The number of ether oxygens (including phenoxy) is 1. The molecule has 1 aromatic carbocycles. The minimum absolute atomic E-state index is 0.0544. The highest BCUT2D eigenvalue weighted by atomic mass is 16.5. The Hall–Kier alpha value is -2.85. The van der Waals surface area contributed by atoms with Gasteiger partial charge in [0.1, 0.15) is 23.2 Å². The molecule has 0 bridgehead atoms. The number of aliphatic hydroxyl groups excluding tert-OH is 1. The number of benzene rings is 1. The predicted molar refractivity (Wildman–Crippen MR) is 78.7 cm³/mol. The van der Waals surface area contributed by atoms with Crippen LogP contribution in [-0.4, -0.2) is 35.3 Å². The van der Waals surface area contributed by atoms with Crippen LogP contribution in [0.3, 0.4) is 0 Å². The number of nitrogens with two attached hydrogens (primary N) is 1. The molecule has 0 fully saturated rings. The number of nitrogen functional groups attached to an aromatic ring is 1. The van der Waals surface area contributed by atoms with E-state index in [1.807, 2.05) is 6.07 Å². The number of hydrogen-bond acceptors (Lipinski definition) is 7. The Balaban J connectivity index is 2.48. The second-order valence-electron chi connectivity index (χ2n) is 4.15. The SMILES string of the molecule is COc1ccc(-c2nc(NCCO)nc(N)c2C#N)cc1. The minimum atomic E-state index is -0.0544. The van der Waals surface area contributed by atoms with Crippen molar-refractivity contribution in [2.24, 2.45) is 0 Å². The van der Waals surface area contributed by atoms with Gasteiger partial charge in [0.25, 0.3) is 0 Å². The summed E-state index contributed by atoms with van der Waals surface area (Å²) in [5, 5.41) is 20.9. The third-order valence-corrected chi connectivity index (χ3v) is 2.81. The van der Waals surface area contributed by atoms with Crippen LogP contribution in [0.1, 0.15) is 5.56 Å². The van der Waals surface area contributed by atoms with Crippen LogP contribution in [0.25, 0.3) is 11.3 Å². The molecule has 0 aliphatic heterocycles. The lowest BCUT2D eigenvalue weighted by Gasteiger charge is -2.10. The summed E-state index contributed by atoms with van der Waals surface area (Å²) in [6.07, 6.45) is 0. The first-order valence-corrected chi connectivity index (χ1v) is 6.26. The molecule has 7 nitrogen and oxygen atoms in total. The molecular weight excluding hydrogens is 270 g/mol. The molecule has 0 aliphatic rings. The zero-order chi connectivity index (χ0) is 15.2. The summed E-state index contributed by atoms with van der Waals surface area (Å²) < 4.78 is 5.10. The van der Waals surface area contributed by atoms with Crippen molar-refractivity contribution in [3.05, 3.63) is 29.8 Å². The van der Waals surface area contributed by atoms with Crippen LogP contribution in [0.4, 0.5) is 11.8 Å². The van der Waals surface area contributed by atoms with Crippen LogP contribution < -0.4 is 15.8 Å². The lowest BCUT2D eigenvalue weighted by molar-refractivity contribution is 0.311. The van der Waals surface area contributed by atoms with Crippen molar-refractivity contribution in [2.75, 3.05) is 31.3 Å². The standard InChI is InChI=1S/C14H15N5O2/c1-21-10-4-2-9(3-5-10)12-11(8-15)13(16)19-14(18-12)17-6-7-20/h2-5,20H,6-7H2,1H3,(H3,16,17,18,19). The van der Waals surface area contributed by atoms with Crippen molar-refractivity contribution in [3.63, 3.8) is 0 Å². The topological polar surface area (TPSA) is 117 Å². The minimum Gasteiger partial charge on any atom is -0.497 e. The molecule has 1 aromatic heterocycles. The Morgan fingerprint density at radius 1 is 1.33 bits per heavy atom. The van der Waals surface area contributed by atoms with Crippen molar-refractivity contribution < 1.29 is 9.84 Å². The van der Waals surface area contributed by atoms with Gasteiger partial charge in [0.15, 0.2) is 0 Å². The van der Waals surface area contributed by atoms with Crippen LogP contribution in [-0.2, 0) is 0 Å². The summed E-state index contributed by atoms with van der Waals surface area (Å²) in [5.41, 5.74) is 7.18. The predicted octanol–water partition coefficient (Wildman–Crippen LogP) is 1.01. The van der Waals surface area contributed by atoms with Gasteiger partial charge in [-0.15, -0.1) is 0 Å². The first kappa shape index (κ1) is 14.6. The summed E-state index contributed by atoms with van der Waals surface area (Å²) in [6, 6.07) is 9.14. The second-order valence-corrected chi connectivity index (χ2v) is 4.15. The van der Waals surface area contributed by atoms with Crippen molar-refractivity contribution >= 4 is 11.8 Å². The van der Waals surface area contributed by atoms with E-state index in [9.17, 15) is 5.26 Å². The molecule has 0 unspecified atom stereocenters. The molecule has 4 N–H and O–H groups in total. The Kier molecular flexibility index (Phi) is 4.53. The third kappa shape index (κ3) is 3.19. The van der Waals surface area contributed by atoms with Crippen molar-refractivity contribution in [2.45, 2.75) is 0 Å². The van der Waals surface area contributed by atoms with Crippen LogP contribution in [0.5, 0.6) is 5.75 Å². The maximum atomic E-state index is 9.23. The lowest BCUT2D eigenvalue weighted by Crippen LogP contribution is -2.11. The van der Waals surface area contributed by atoms with Crippen molar-refractivity contribution in [3.8, 4) is 23.1 Å². The fraction of sp³-hybridized carbons (Fsp3) is 0.214. The van der Waals surface area contributed by atoms with Gasteiger partial charge in [-0.3, -0.25) is 0 Å². The van der Waals surface area contributed by atoms with Crippen LogP contribution in [0.15, 0.2) is 24.3 Å². The van der Waals surface area contributed by atoms with Gasteiger partial charge < -0.3 is 20.9 Å². The van der Waals surface area contributed by atoms with Crippen LogP contribution in [0, 0.1) is 11.3 Å². The molecule has 7 heteroatoms. The summed E-state index contributed by atoms with van der Waals surface area (Å²) in [5.74, 6) is 1.07. The summed E-state index contributed by atoms with van der Waals surface area (Å²) >= 11 is 0. The van der Waals surface area contributed by atoms with Gasteiger partial charge in [-0.2, -0.15) is 10.2 Å². The number of nitrogens with zero attached hydrogens (tertiary/aromatic N) is 3. The Morgan fingerprint density at radius 2 is 2.05 bits per heavy atom.